The summed E-state index contributed by atoms with van der Waals surface area (Å²) < 4.78 is 1.14. The van der Waals surface area contributed by atoms with Gasteiger partial charge < -0.3 is 10.2 Å². The molecule has 0 aliphatic heterocycles. The molecule has 3 amide bonds. The van der Waals surface area contributed by atoms with Crippen molar-refractivity contribution in [2.45, 2.75) is 32.9 Å². The van der Waals surface area contributed by atoms with Gasteiger partial charge in [0.25, 0.3) is 5.91 Å². The molecule has 7 heteroatoms. The highest BCUT2D eigenvalue weighted by Gasteiger charge is 2.18. The zero-order valence-electron chi connectivity index (χ0n) is 13.9. The van der Waals surface area contributed by atoms with Crippen LogP contribution in [0.4, 0.5) is 4.79 Å². The number of nitrogens with one attached hydrogen (secondary N) is 3. The van der Waals surface area contributed by atoms with Crippen molar-refractivity contribution >= 4 is 33.5 Å². The van der Waals surface area contributed by atoms with Crippen LogP contribution < -0.4 is 15.5 Å². The van der Waals surface area contributed by atoms with E-state index in [2.05, 4.69) is 15.6 Å². The third-order valence-electron chi connectivity index (χ3n) is 2.99. The standard InChI is InChI=1S/C16H22N4O2S/c1-16(2,3)19-15(22)18-13(21)9-20(4)10-14-17-11-7-5-6-8-12(11)23-14/h5-8H,9-10H2,1-4H3,(H2,18,19,21,22)/p+1. The number of thiazole rings is 1. The Hall–Kier alpha value is -1.99. The van der Waals surface area contributed by atoms with E-state index >= 15 is 0 Å². The Morgan fingerprint density at radius 2 is 1.96 bits per heavy atom. The molecule has 0 bridgehead atoms. The van der Waals surface area contributed by atoms with E-state index in [9.17, 15) is 9.59 Å². The van der Waals surface area contributed by atoms with Gasteiger partial charge in [-0.2, -0.15) is 0 Å². The lowest BCUT2D eigenvalue weighted by Gasteiger charge is -2.20. The Morgan fingerprint density at radius 1 is 1.26 bits per heavy atom. The molecular weight excluding hydrogens is 312 g/mol. The number of para-hydroxylation sites is 1. The molecule has 1 atom stereocenters. The van der Waals surface area contributed by atoms with Gasteiger partial charge in [0.05, 0.1) is 17.3 Å². The van der Waals surface area contributed by atoms with Crippen molar-refractivity contribution in [3.8, 4) is 0 Å². The van der Waals surface area contributed by atoms with Gasteiger partial charge >= 0.3 is 6.03 Å². The van der Waals surface area contributed by atoms with Crippen LogP contribution in [-0.4, -0.2) is 36.1 Å². The lowest BCUT2D eigenvalue weighted by molar-refractivity contribution is -0.885. The first kappa shape index (κ1) is 17.4. The van der Waals surface area contributed by atoms with Crippen molar-refractivity contribution in [3.05, 3.63) is 29.3 Å². The first-order valence-corrected chi connectivity index (χ1v) is 8.32. The van der Waals surface area contributed by atoms with Crippen molar-refractivity contribution in [1.29, 1.82) is 0 Å². The van der Waals surface area contributed by atoms with Crippen LogP contribution in [-0.2, 0) is 11.3 Å². The van der Waals surface area contributed by atoms with Gasteiger partial charge in [-0.3, -0.25) is 10.1 Å². The van der Waals surface area contributed by atoms with E-state index in [1.54, 1.807) is 11.3 Å². The number of carbonyl (C=O) groups excluding carboxylic acids is 2. The van der Waals surface area contributed by atoms with Crippen LogP contribution in [0.1, 0.15) is 25.8 Å². The van der Waals surface area contributed by atoms with Crippen molar-refractivity contribution in [2.24, 2.45) is 0 Å². The smallest absolute Gasteiger partial charge is 0.322 e. The van der Waals surface area contributed by atoms with Gasteiger partial charge in [-0.25, -0.2) is 9.78 Å². The van der Waals surface area contributed by atoms with E-state index in [1.165, 1.54) is 0 Å². The average molecular weight is 335 g/mol. The molecule has 0 saturated heterocycles. The highest BCUT2D eigenvalue weighted by Crippen LogP contribution is 2.20. The number of carbonyl (C=O) groups is 2. The minimum absolute atomic E-state index is 0.216. The molecule has 1 unspecified atom stereocenters. The Bertz CT molecular complexity index is 672. The molecule has 0 aliphatic carbocycles. The van der Waals surface area contributed by atoms with Gasteiger partial charge in [0.15, 0.2) is 6.54 Å². The molecule has 3 N–H and O–H groups in total. The minimum Gasteiger partial charge on any atom is -0.333 e. The molecule has 124 valence electrons. The SMILES string of the molecule is C[NH+](CC(=O)NC(=O)NC(C)(C)C)Cc1nc2ccccc2s1. The second kappa shape index (κ2) is 7.06. The summed E-state index contributed by atoms with van der Waals surface area (Å²) in [4.78, 5) is 29.1. The maximum Gasteiger partial charge on any atom is 0.322 e. The maximum absolute atomic E-state index is 11.9. The van der Waals surface area contributed by atoms with Crippen molar-refractivity contribution < 1.29 is 14.5 Å². The van der Waals surface area contributed by atoms with E-state index < -0.39 is 6.03 Å². The predicted molar refractivity (Wildman–Crippen MR) is 91.5 cm³/mol. The summed E-state index contributed by atoms with van der Waals surface area (Å²) >= 11 is 1.63. The van der Waals surface area contributed by atoms with Crippen molar-refractivity contribution in [2.75, 3.05) is 13.6 Å². The number of likely N-dealkylation sites (N-methyl/N-ethyl adjacent to an activating group) is 1. The van der Waals surface area contributed by atoms with Crippen LogP contribution in [0.15, 0.2) is 24.3 Å². The first-order valence-electron chi connectivity index (χ1n) is 7.51. The van der Waals surface area contributed by atoms with Crippen LogP contribution in [0.5, 0.6) is 0 Å². The molecular formula is C16H23N4O2S+. The molecule has 23 heavy (non-hydrogen) atoms. The van der Waals surface area contributed by atoms with Gasteiger partial charge in [0.1, 0.15) is 11.6 Å². The number of fused-ring (bicyclic) bond motifs is 1. The van der Waals surface area contributed by atoms with Crippen LogP contribution in [0.25, 0.3) is 10.2 Å². The molecule has 1 aromatic heterocycles. The third kappa shape index (κ3) is 5.61. The summed E-state index contributed by atoms with van der Waals surface area (Å²) in [7, 11) is 1.91. The number of urea groups is 1. The van der Waals surface area contributed by atoms with Crippen molar-refractivity contribution in [1.82, 2.24) is 15.6 Å². The molecule has 0 fully saturated rings. The fraction of sp³-hybridized carbons (Fsp3) is 0.438. The highest BCUT2D eigenvalue weighted by atomic mass is 32.1. The molecule has 1 aromatic carbocycles. The first-order chi connectivity index (χ1) is 10.7. The molecule has 0 aliphatic rings. The van der Waals surface area contributed by atoms with Crippen molar-refractivity contribution in [3.63, 3.8) is 0 Å². The lowest BCUT2D eigenvalue weighted by Crippen LogP contribution is -3.09. The molecule has 0 saturated carbocycles. The van der Waals surface area contributed by atoms with Gasteiger partial charge in [0, 0.05) is 5.54 Å². The minimum atomic E-state index is -0.463. The molecule has 0 radical (unpaired) electrons. The number of nitrogens with zero attached hydrogens (tertiary/aromatic N) is 1. The van der Waals surface area contributed by atoms with Crippen LogP contribution >= 0.6 is 11.3 Å². The Balaban J connectivity index is 1.85. The Labute approximate surface area is 139 Å². The Kier molecular flexibility index (Phi) is 5.33. The Morgan fingerprint density at radius 3 is 2.61 bits per heavy atom. The second-order valence-electron chi connectivity index (χ2n) is 6.64. The van der Waals surface area contributed by atoms with E-state index in [0.717, 1.165) is 20.1 Å². The second-order valence-corrected chi connectivity index (χ2v) is 7.75. The number of quaternary nitrogens is 1. The van der Waals surface area contributed by atoms with Gasteiger partial charge in [-0.15, -0.1) is 11.3 Å². The van der Waals surface area contributed by atoms with Crippen LogP contribution in [0.2, 0.25) is 0 Å². The van der Waals surface area contributed by atoms with Crippen LogP contribution in [0.3, 0.4) is 0 Å². The van der Waals surface area contributed by atoms with Gasteiger partial charge in [-0.1, -0.05) is 12.1 Å². The maximum atomic E-state index is 11.9. The molecule has 6 nitrogen and oxygen atoms in total. The predicted octanol–water partition coefficient (Wildman–Crippen LogP) is 0.935. The summed E-state index contributed by atoms with van der Waals surface area (Å²) in [5.74, 6) is -0.301. The third-order valence-corrected chi connectivity index (χ3v) is 4.03. The average Bonchev–Trinajstić information content (AvgIpc) is 2.77. The summed E-state index contributed by atoms with van der Waals surface area (Å²) in [5.41, 5.74) is 0.610. The largest absolute Gasteiger partial charge is 0.333 e. The topological polar surface area (TPSA) is 75.5 Å². The quantitative estimate of drug-likeness (QED) is 0.778. The monoisotopic (exact) mass is 335 g/mol. The number of aromatic nitrogens is 1. The van der Waals surface area contributed by atoms with Crippen LogP contribution in [0, 0.1) is 0 Å². The fourth-order valence-corrected chi connectivity index (χ4v) is 3.21. The van der Waals surface area contributed by atoms with Gasteiger partial charge in [0.2, 0.25) is 0 Å². The van der Waals surface area contributed by atoms with E-state index in [0.29, 0.717) is 6.54 Å². The summed E-state index contributed by atoms with van der Waals surface area (Å²) in [6.45, 7) is 6.45. The summed E-state index contributed by atoms with van der Waals surface area (Å²) in [5, 5.41) is 6.04. The number of hydrogen-bond donors (Lipinski definition) is 3. The highest BCUT2D eigenvalue weighted by molar-refractivity contribution is 7.18. The van der Waals surface area contributed by atoms with E-state index in [-0.39, 0.29) is 18.0 Å². The van der Waals surface area contributed by atoms with Gasteiger partial charge in [-0.05, 0) is 32.9 Å². The van der Waals surface area contributed by atoms with E-state index in [1.807, 2.05) is 52.1 Å². The summed E-state index contributed by atoms with van der Waals surface area (Å²) in [6.07, 6.45) is 0. The molecule has 2 aromatic rings. The fourth-order valence-electron chi connectivity index (χ4n) is 2.13. The zero-order chi connectivity index (χ0) is 17.0. The molecule has 0 spiro atoms. The number of hydrogen-bond acceptors (Lipinski definition) is 4. The number of amides is 3. The number of imide groups is 1. The molecule has 2 rings (SSSR count). The lowest BCUT2D eigenvalue weighted by atomic mass is 10.1. The number of benzene rings is 1. The molecule has 1 heterocycles. The zero-order valence-corrected chi connectivity index (χ0v) is 14.7. The van der Waals surface area contributed by atoms with E-state index in [4.69, 9.17) is 0 Å². The normalized spacial score (nSPS) is 12.9. The number of rotatable bonds is 4. The summed E-state index contributed by atoms with van der Waals surface area (Å²) in [6, 6.07) is 7.50.